The first-order valence-electron chi connectivity index (χ1n) is 10.4. The summed E-state index contributed by atoms with van der Waals surface area (Å²) in [6.45, 7) is -1.45. The summed E-state index contributed by atoms with van der Waals surface area (Å²) in [5.74, 6) is -1.47. The summed E-state index contributed by atoms with van der Waals surface area (Å²) in [6, 6.07) is 6.80. The molecule has 0 radical (unpaired) electrons. The lowest BCUT2D eigenvalue weighted by molar-refractivity contribution is -0.162. The van der Waals surface area contributed by atoms with Crippen molar-refractivity contribution in [3.8, 4) is 11.4 Å². The van der Waals surface area contributed by atoms with Crippen LogP contribution in [0.2, 0.25) is 0 Å². The molecule has 0 aliphatic heterocycles. The number of nitrogens with one attached hydrogen (secondary N) is 1. The molecule has 0 unspecified atom stereocenters. The fourth-order valence-corrected chi connectivity index (χ4v) is 3.40. The molecule has 0 saturated heterocycles. The number of benzene rings is 1. The molecule has 192 valence electrons. The molecule has 2 aromatic heterocycles. The van der Waals surface area contributed by atoms with E-state index in [2.05, 4.69) is 25.1 Å². The van der Waals surface area contributed by atoms with Gasteiger partial charge in [0.25, 0.3) is 5.91 Å². The van der Waals surface area contributed by atoms with Gasteiger partial charge in [0.05, 0.1) is 5.56 Å². The fourth-order valence-electron chi connectivity index (χ4n) is 3.40. The van der Waals surface area contributed by atoms with Crippen molar-refractivity contribution in [1.82, 2.24) is 25.1 Å². The summed E-state index contributed by atoms with van der Waals surface area (Å²) in [5, 5.41) is 6.49. The second kappa shape index (κ2) is 8.87. The van der Waals surface area contributed by atoms with Crippen molar-refractivity contribution in [2.45, 2.75) is 37.2 Å². The molecule has 1 fully saturated rings. The van der Waals surface area contributed by atoms with Gasteiger partial charge in [0.1, 0.15) is 29.0 Å². The van der Waals surface area contributed by atoms with E-state index in [4.69, 9.17) is 11.5 Å². The molecule has 1 aliphatic carbocycles. The molecule has 36 heavy (non-hydrogen) atoms. The number of ether oxygens (including phenoxy) is 1. The number of carbonyl (C=O) groups is 1. The predicted molar refractivity (Wildman–Crippen MR) is 114 cm³/mol. The molecule has 0 spiro atoms. The molecule has 4 rings (SSSR count). The van der Waals surface area contributed by atoms with Crippen LogP contribution in [0.1, 0.15) is 34.6 Å². The highest BCUT2D eigenvalue weighted by molar-refractivity contribution is 5.99. The van der Waals surface area contributed by atoms with E-state index in [1.54, 1.807) is 0 Å². The topological polar surface area (TPSA) is 134 Å². The number of halogens is 6. The van der Waals surface area contributed by atoms with Crippen molar-refractivity contribution in [3.63, 3.8) is 0 Å². The van der Waals surface area contributed by atoms with Crippen molar-refractivity contribution in [2.75, 3.05) is 18.1 Å². The zero-order chi connectivity index (χ0) is 26.3. The van der Waals surface area contributed by atoms with Crippen LogP contribution in [0.4, 0.5) is 38.0 Å². The Balaban J connectivity index is 1.47. The van der Waals surface area contributed by atoms with Crippen molar-refractivity contribution < 1.29 is 35.9 Å². The summed E-state index contributed by atoms with van der Waals surface area (Å²) < 4.78 is 82.5. The monoisotopic (exact) mass is 515 g/mol. The van der Waals surface area contributed by atoms with Crippen LogP contribution in [0.3, 0.4) is 0 Å². The van der Waals surface area contributed by atoms with Crippen molar-refractivity contribution in [1.29, 1.82) is 0 Å². The highest BCUT2D eigenvalue weighted by Gasteiger charge is 2.66. The molecule has 9 nitrogen and oxygen atoms in total. The molecule has 3 aromatic rings. The van der Waals surface area contributed by atoms with Gasteiger partial charge in [-0.2, -0.15) is 31.4 Å². The first-order valence-corrected chi connectivity index (χ1v) is 10.4. The van der Waals surface area contributed by atoms with Crippen LogP contribution in [-0.4, -0.2) is 44.6 Å². The van der Waals surface area contributed by atoms with Gasteiger partial charge in [-0.1, -0.05) is 12.1 Å². The Hall–Kier alpha value is -4.04. The minimum atomic E-state index is -4.50. The maximum Gasteiger partial charge on any atom is 0.422 e. The van der Waals surface area contributed by atoms with E-state index in [0.29, 0.717) is 5.56 Å². The lowest BCUT2D eigenvalue weighted by Crippen LogP contribution is -2.30. The van der Waals surface area contributed by atoms with Gasteiger partial charge in [0, 0.05) is 6.54 Å². The molecular weight excluding hydrogens is 496 g/mol. The summed E-state index contributed by atoms with van der Waals surface area (Å²) in [5.41, 5.74) is 10.0. The Bertz CT molecular complexity index is 1270. The quantitative estimate of drug-likeness (QED) is 0.411. The number of rotatable bonds is 7. The Kier molecular flexibility index (Phi) is 6.18. The van der Waals surface area contributed by atoms with E-state index >= 15 is 0 Å². The van der Waals surface area contributed by atoms with E-state index in [0.717, 1.165) is 11.0 Å². The maximum atomic E-state index is 13.4. The molecule has 0 atom stereocenters. The summed E-state index contributed by atoms with van der Waals surface area (Å²) in [7, 11) is 0. The average Bonchev–Trinajstić information content (AvgIpc) is 3.48. The van der Waals surface area contributed by atoms with Crippen LogP contribution in [-0.2, 0) is 12.0 Å². The van der Waals surface area contributed by atoms with Crippen LogP contribution in [0.5, 0.6) is 5.75 Å². The van der Waals surface area contributed by atoms with Gasteiger partial charge in [-0.05, 0) is 36.6 Å². The predicted octanol–water partition coefficient (Wildman–Crippen LogP) is 3.29. The summed E-state index contributed by atoms with van der Waals surface area (Å²) in [6.07, 6.45) is -8.17. The number of carbonyl (C=O) groups excluding carboxylic acids is 1. The molecule has 1 aromatic carbocycles. The van der Waals surface area contributed by atoms with Crippen LogP contribution in [0.15, 0.2) is 36.7 Å². The number of aromatic nitrogens is 4. The van der Waals surface area contributed by atoms with E-state index in [9.17, 15) is 31.1 Å². The Morgan fingerprint density at radius 3 is 2.33 bits per heavy atom. The zero-order valence-electron chi connectivity index (χ0n) is 18.3. The fraction of sp³-hybridized carbons (Fsp3) is 0.333. The van der Waals surface area contributed by atoms with Crippen LogP contribution >= 0.6 is 0 Å². The van der Waals surface area contributed by atoms with E-state index < -0.39 is 36.1 Å². The van der Waals surface area contributed by atoms with E-state index in [1.165, 1.54) is 30.3 Å². The lowest BCUT2D eigenvalue weighted by atomic mass is 10.1. The van der Waals surface area contributed by atoms with Crippen LogP contribution in [0.25, 0.3) is 5.69 Å². The van der Waals surface area contributed by atoms with Gasteiger partial charge in [-0.15, -0.1) is 0 Å². The normalized spacial score (nSPS) is 14.9. The van der Waals surface area contributed by atoms with E-state index in [-0.39, 0.29) is 48.0 Å². The molecule has 1 amide bonds. The number of hydrogen-bond acceptors (Lipinski definition) is 7. The van der Waals surface area contributed by atoms with Gasteiger partial charge >= 0.3 is 12.4 Å². The molecule has 2 heterocycles. The van der Waals surface area contributed by atoms with Gasteiger partial charge in [-0.25, -0.2) is 14.6 Å². The van der Waals surface area contributed by atoms with Gasteiger partial charge < -0.3 is 21.5 Å². The third-order valence-electron chi connectivity index (χ3n) is 5.54. The number of alkyl halides is 6. The molecule has 5 N–H and O–H groups in total. The molecule has 1 saturated carbocycles. The van der Waals surface area contributed by atoms with Crippen molar-refractivity contribution >= 4 is 17.5 Å². The van der Waals surface area contributed by atoms with Crippen LogP contribution in [0, 0.1) is 0 Å². The van der Waals surface area contributed by atoms with E-state index in [1.807, 2.05) is 0 Å². The second-order valence-corrected chi connectivity index (χ2v) is 8.15. The third kappa shape index (κ3) is 5.13. The largest absolute Gasteiger partial charge is 0.484 e. The van der Waals surface area contributed by atoms with Gasteiger partial charge in [0.15, 0.2) is 18.2 Å². The number of nitrogen functional groups attached to an aromatic ring is 2. The Morgan fingerprint density at radius 2 is 1.75 bits per heavy atom. The molecule has 1 aliphatic rings. The smallest absolute Gasteiger partial charge is 0.422 e. The zero-order valence-corrected chi connectivity index (χ0v) is 18.3. The second-order valence-electron chi connectivity index (χ2n) is 8.15. The lowest BCUT2D eigenvalue weighted by Gasteiger charge is -2.15. The Labute approximate surface area is 199 Å². The molecule has 0 bridgehead atoms. The number of nitrogens with two attached hydrogens (primary N) is 2. The van der Waals surface area contributed by atoms with Crippen molar-refractivity contribution in [3.05, 3.63) is 53.6 Å². The number of amides is 1. The van der Waals surface area contributed by atoms with Crippen molar-refractivity contribution in [2.24, 2.45) is 0 Å². The maximum absolute atomic E-state index is 13.4. The number of hydrogen-bond donors (Lipinski definition) is 3. The summed E-state index contributed by atoms with van der Waals surface area (Å²) in [4.78, 5) is 20.4. The van der Waals surface area contributed by atoms with Crippen LogP contribution < -0.4 is 21.5 Å². The molecular formula is C21H19F6N7O2. The minimum Gasteiger partial charge on any atom is -0.484 e. The van der Waals surface area contributed by atoms with Gasteiger partial charge in [0.2, 0.25) is 0 Å². The first kappa shape index (κ1) is 25.1. The highest BCUT2D eigenvalue weighted by Crippen LogP contribution is 2.57. The summed E-state index contributed by atoms with van der Waals surface area (Å²) >= 11 is 0. The number of nitrogens with zero attached hydrogens (tertiary/aromatic N) is 4. The SMILES string of the molecule is Nc1nc(N)c(-n2cnc(C3(C(F)(F)F)CC3)n2)cc1C(=O)NCc1ccc(OCC(F)(F)F)cc1. The van der Waals surface area contributed by atoms with Gasteiger partial charge in [-0.3, -0.25) is 4.79 Å². The Morgan fingerprint density at radius 1 is 1.08 bits per heavy atom. The minimum absolute atomic E-state index is 0.00437. The third-order valence-corrected chi connectivity index (χ3v) is 5.54. The molecule has 15 heteroatoms. The first-order chi connectivity index (χ1) is 16.8. The average molecular weight is 515 g/mol. The standard InChI is InChI=1S/C21H19F6N7O2/c22-20(23,24)9-36-12-3-1-11(2-4-12)8-30-17(35)13-7-14(16(29)32-15(13)28)34-10-31-18(33-34)19(5-6-19)21(25,26)27/h1-4,7,10H,5-6,8-9H2,(H,30,35)(H4,28,29,32). The number of anilines is 2. The highest BCUT2D eigenvalue weighted by atomic mass is 19.4. The number of pyridine rings is 1.